The quantitative estimate of drug-likeness (QED) is 0.918. The molecule has 1 fully saturated rings. The summed E-state index contributed by atoms with van der Waals surface area (Å²) in [5, 5.41) is 0. The summed E-state index contributed by atoms with van der Waals surface area (Å²) in [6.07, 6.45) is 0.943. The van der Waals surface area contributed by atoms with Crippen molar-refractivity contribution in [3.8, 4) is 0 Å². The summed E-state index contributed by atoms with van der Waals surface area (Å²) in [5.74, 6) is 0.251. The fraction of sp³-hybridized carbons (Fsp3) is 0.500. The van der Waals surface area contributed by atoms with Crippen LogP contribution in [0.4, 0.5) is 0 Å². The number of halogens is 1. The standard InChI is InChI=1S/C16H23N3O2.ClH/c1-11-7-12(9-17)10-19(11)16(21)14-6-4-5-13(8-14)15(20)18(2)3;/h4-6,8,11-12H,7,9-10,17H2,1-3H3;1H. The average molecular weight is 326 g/mol. The fourth-order valence-corrected chi connectivity index (χ4v) is 2.81. The van der Waals surface area contributed by atoms with Crippen molar-refractivity contribution in [2.24, 2.45) is 11.7 Å². The first kappa shape index (κ1) is 18.5. The third-order valence-corrected chi connectivity index (χ3v) is 4.02. The molecule has 0 bridgehead atoms. The highest BCUT2D eigenvalue weighted by Crippen LogP contribution is 2.24. The Morgan fingerprint density at radius 3 is 2.50 bits per heavy atom. The van der Waals surface area contributed by atoms with Gasteiger partial charge in [-0.1, -0.05) is 6.07 Å². The van der Waals surface area contributed by atoms with Crippen LogP contribution >= 0.6 is 12.4 Å². The predicted molar refractivity (Wildman–Crippen MR) is 89.4 cm³/mol. The Morgan fingerprint density at radius 1 is 1.32 bits per heavy atom. The number of nitrogens with two attached hydrogens (primary N) is 1. The normalized spacial score (nSPS) is 20.5. The van der Waals surface area contributed by atoms with Crippen molar-refractivity contribution in [1.29, 1.82) is 0 Å². The van der Waals surface area contributed by atoms with Crippen molar-refractivity contribution < 1.29 is 9.59 Å². The third-order valence-electron chi connectivity index (χ3n) is 4.02. The van der Waals surface area contributed by atoms with Gasteiger partial charge in [0.05, 0.1) is 0 Å². The molecule has 6 heteroatoms. The van der Waals surface area contributed by atoms with E-state index < -0.39 is 0 Å². The van der Waals surface area contributed by atoms with E-state index in [-0.39, 0.29) is 30.3 Å². The van der Waals surface area contributed by atoms with E-state index in [9.17, 15) is 9.59 Å². The SMILES string of the molecule is CC1CC(CN)CN1C(=O)c1cccc(C(=O)N(C)C)c1.Cl. The summed E-state index contributed by atoms with van der Waals surface area (Å²) >= 11 is 0. The highest BCUT2D eigenvalue weighted by molar-refractivity contribution is 5.99. The van der Waals surface area contributed by atoms with Crippen molar-refractivity contribution in [2.75, 3.05) is 27.2 Å². The summed E-state index contributed by atoms with van der Waals surface area (Å²) < 4.78 is 0. The topological polar surface area (TPSA) is 66.6 Å². The van der Waals surface area contributed by atoms with Crippen molar-refractivity contribution >= 4 is 24.2 Å². The molecule has 22 heavy (non-hydrogen) atoms. The molecule has 0 aliphatic carbocycles. The molecule has 5 nitrogen and oxygen atoms in total. The van der Waals surface area contributed by atoms with Crippen molar-refractivity contribution in [2.45, 2.75) is 19.4 Å². The van der Waals surface area contributed by atoms with E-state index in [4.69, 9.17) is 5.73 Å². The van der Waals surface area contributed by atoms with Crippen LogP contribution in [0, 0.1) is 5.92 Å². The Kier molecular flexibility index (Phi) is 6.38. The second kappa shape index (κ2) is 7.61. The first-order chi connectivity index (χ1) is 9.93. The first-order valence-electron chi connectivity index (χ1n) is 7.26. The van der Waals surface area contributed by atoms with Crippen molar-refractivity contribution in [3.63, 3.8) is 0 Å². The molecule has 1 saturated heterocycles. The van der Waals surface area contributed by atoms with E-state index in [1.54, 1.807) is 38.4 Å². The van der Waals surface area contributed by atoms with Crippen LogP contribution in [0.25, 0.3) is 0 Å². The molecule has 1 aromatic carbocycles. The van der Waals surface area contributed by atoms with Crippen LogP contribution in [0.1, 0.15) is 34.1 Å². The second-order valence-electron chi connectivity index (χ2n) is 5.92. The molecular weight excluding hydrogens is 302 g/mol. The van der Waals surface area contributed by atoms with Gasteiger partial charge >= 0.3 is 0 Å². The minimum atomic E-state index is -0.0982. The van der Waals surface area contributed by atoms with Gasteiger partial charge in [0.2, 0.25) is 0 Å². The maximum Gasteiger partial charge on any atom is 0.254 e. The molecule has 1 aromatic rings. The largest absolute Gasteiger partial charge is 0.345 e. The molecule has 122 valence electrons. The Hall–Kier alpha value is -1.59. The number of carbonyl (C=O) groups excluding carboxylic acids is 2. The van der Waals surface area contributed by atoms with Gasteiger partial charge in [0.1, 0.15) is 0 Å². The zero-order valence-electron chi connectivity index (χ0n) is 13.3. The van der Waals surface area contributed by atoms with E-state index in [0.29, 0.717) is 30.1 Å². The molecule has 0 spiro atoms. The number of hydrogen-bond donors (Lipinski definition) is 1. The lowest BCUT2D eigenvalue weighted by Gasteiger charge is -2.22. The molecule has 0 saturated carbocycles. The maximum atomic E-state index is 12.6. The minimum absolute atomic E-state index is 0. The molecule has 2 rings (SSSR count). The lowest BCUT2D eigenvalue weighted by molar-refractivity contribution is 0.0743. The molecule has 2 N–H and O–H groups in total. The number of carbonyl (C=O) groups is 2. The number of benzene rings is 1. The summed E-state index contributed by atoms with van der Waals surface area (Å²) in [5.41, 5.74) is 6.80. The highest BCUT2D eigenvalue weighted by Gasteiger charge is 2.32. The van der Waals surface area contributed by atoms with Crippen LogP contribution in [0.3, 0.4) is 0 Å². The van der Waals surface area contributed by atoms with Crippen LogP contribution in [0.5, 0.6) is 0 Å². The predicted octanol–water partition coefficient (Wildman–Crippen LogP) is 1.62. The van der Waals surface area contributed by atoms with E-state index in [2.05, 4.69) is 0 Å². The third kappa shape index (κ3) is 3.78. The van der Waals surface area contributed by atoms with Crippen molar-refractivity contribution in [1.82, 2.24) is 9.80 Å². The number of rotatable bonds is 3. The molecule has 2 atom stereocenters. The van der Waals surface area contributed by atoms with Crippen LogP contribution in [0.15, 0.2) is 24.3 Å². The smallest absolute Gasteiger partial charge is 0.254 e. The molecule has 0 radical (unpaired) electrons. The summed E-state index contributed by atoms with van der Waals surface area (Å²) in [7, 11) is 3.40. The summed E-state index contributed by atoms with van der Waals surface area (Å²) in [6.45, 7) is 3.35. The molecular formula is C16H24ClN3O2. The Balaban J connectivity index is 0.00000242. The zero-order chi connectivity index (χ0) is 15.6. The van der Waals surface area contributed by atoms with Crippen LogP contribution in [-0.2, 0) is 0 Å². The maximum absolute atomic E-state index is 12.6. The van der Waals surface area contributed by atoms with E-state index in [1.165, 1.54) is 4.90 Å². The van der Waals surface area contributed by atoms with Gasteiger partial charge in [0.25, 0.3) is 11.8 Å². The van der Waals surface area contributed by atoms with Crippen LogP contribution in [-0.4, -0.2) is 54.8 Å². The van der Waals surface area contributed by atoms with Gasteiger partial charge < -0.3 is 15.5 Å². The minimum Gasteiger partial charge on any atom is -0.345 e. The number of nitrogens with zero attached hydrogens (tertiary/aromatic N) is 2. The Labute approximate surface area is 137 Å². The van der Waals surface area contributed by atoms with Gasteiger partial charge in [0.15, 0.2) is 0 Å². The van der Waals surface area contributed by atoms with Gasteiger partial charge in [-0.25, -0.2) is 0 Å². The van der Waals surface area contributed by atoms with Gasteiger partial charge in [-0.05, 0) is 44.0 Å². The van der Waals surface area contributed by atoms with Gasteiger partial charge in [-0.15, -0.1) is 12.4 Å². The molecule has 0 aromatic heterocycles. The molecule has 1 heterocycles. The number of hydrogen-bond acceptors (Lipinski definition) is 3. The molecule has 2 amide bonds. The fourth-order valence-electron chi connectivity index (χ4n) is 2.81. The molecule has 1 aliphatic rings. The van der Waals surface area contributed by atoms with E-state index >= 15 is 0 Å². The summed E-state index contributed by atoms with van der Waals surface area (Å²) in [4.78, 5) is 28.0. The monoisotopic (exact) mass is 325 g/mol. The van der Waals surface area contributed by atoms with E-state index in [0.717, 1.165) is 6.42 Å². The van der Waals surface area contributed by atoms with Gasteiger partial charge in [0, 0.05) is 37.8 Å². The van der Waals surface area contributed by atoms with Crippen LogP contribution < -0.4 is 5.73 Å². The van der Waals surface area contributed by atoms with Gasteiger partial charge in [-0.3, -0.25) is 9.59 Å². The average Bonchev–Trinajstić information content (AvgIpc) is 2.86. The summed E-state index contributed by atoms with van der Waals surface area (Å²) in [6, 6.07) is 7.12. The number of amides is 2. The second-order valence-corrected chi connectivity index (χ2v) is 5.92. The first-order valence-corrected chi connectivity index (χ1v) is 7.26. The Bertz CT molecular complexity index is 548. The zero-order valence-corrected chi connectivity index (χ0v) is 14.1. The molecule has 2 unspecified atom stereocenters. The highest BCUT2D eigenvalue weighted by atomic mass is 35.5. The van der Waals surface area contributed by atoms with Crippen molar-refractivity contribution in [3.05, 3.63) is 35.4 Å². The lowest BCUT2D eigenvalue weighted by Crippen LogP contribution is -2.34. The van der Waals surface area contributed by atoms with E-state index in [1.807, 2.05) is 11.8 Å². The van der Waals surface area contributed by atoms with Crippen LogP contribution in [0.2, 0.25) is 0 Å². The van der Waals surface area contributed by atoms with Gasteiger partial charge in [-0.2, -0.15) is 0 Å². The number of likely N-dealkylation sites (tertiary alicyclic amines) is 1. The lowest BCUT2D eigenvalue weighted by atomic mass is 10.1. The molecule has 1 aliphatic heterocycles. The Morgan fingerprint density at radius 2 is 1.95 bits per heavy atom.